The van der Waals surface area contributed by atoms with E-state index in [-0.39, 0.29) is 11.3 Å². The molecule has 2 aromatic rings. The van der Waals surface area contributed by atoms with Crippen LogP contribution >= 0.6 is 0 Å². The van der Waals surface area contributed by atoms with Crippen LogP contribution in [0.5, 0.6) is 0 Å². The summed E-state index contributed by atoms with van der Waals surface area (Å²) in [6.07, 6.45) is -9.87. The zero-order valence-corrected chi connectivity index (χ0v) is 15.6. The lowest BCUT2D eigenvalue weighted by Crippen LogP contribution is -2.73. The molecule has 1 fully saturated rings. The van der Waals surface area contributed by atoms with E-state index >= 15 is 0 Å². The van der Waals surface area contributed by atoms with Crippen molar-refractivity contribution in [1.82, 2.24) is 10.3 Å². The van der Waals surface area contributed by atoms with Gasteiger partial charge in [0.25, 0.3) is 5.54 Å². The Morgan fingerprint density at radius 3 is 2.06 bits per heavy atom. The average molecular weight is 455 g/mol. The van der Waals surface area contributed by atoms with Gasteiger partial charge in [-0.1, -0.05) is 18.2 Å². The molecule has 13 heteroatoms. The van der Waals surface area contributed by atoms with E-state index in [0.29, 0.717) is 4.90 Å². The minimum absolute atomic E-state index is 0.0875. The highest BCUT2D eigenvalue weighted by Gasteiger charge is 2.79. The molecule has 0 saturated carbocycles. The minimum atomic E-state index is -6.06. The Morgan fingerprint density at radius 1 is 0.906 bits per heavy atom. The highest BCUT2D eigenvalue weighted by Crippen LogP contribution is 2.53. The number of halogens is 6. The first kappa shape index (κ1) is 21.5. The maximum absolute atomic E-state index is 14.2. The second kappa shape index (κ2) is 7.14. The summed E-state index contributed by atoms with van der Waals surface area (Å²) in [7, 11) is 0. The number of aliphatic imine (C=N–C) groups is 2. The number of alkyl halides is 6. The fraction of sp³-hybridized carbons (Fsp3) is 0.211. The highest BCUT2D eigenvalue weighted by atomic mass is 19.4. The van der Waals surface area contributed by atoms with Gasteiger partial charge in [-0.2, -0.15) is 26.3 Å². The Morgan fingerprint density at radius 2 is 1.50 bits per heavy atom. The number of amidine groups is 2. The van der Waals surface area contributed by atoms with Gasteiger partial charge in [0.15, 0.2) is 5.84 Å². The number of hydrogen-bond acceptors (Lipinski definition) is 5. The molecule has 1 unspecified atom stereocenters. The van der Waals surface area contributed by atoms with Crippen LogP contribution in [0.1, 0.15) is 5.56 Å². The Labute approximate surface area is 175 Å². The summed E-state index contributed by atoms with van der Waals surface area (Å²) in [5.74, 6) is -6.79. The van der Waals surface area contributed by atoms with Gasteiger partial charge < -0.3 is 0 Å². The first-order valence-electron chi connectivity index (χ1n) is 8.89. The maximum atomic E-state index is 14.2. The summed E-state index contributed by atoms with van der Waals surface area (Å²) >= 11 is 0. The van der Waals surface area contributed by atoms with Crippen LogP contribution < -0.4 is 10.2 Å². The zero-order chi connectivity index (χ0) is 23.3. The van der Waals surface area contributed by atoms with Crippen molar-refractivity contribution in [3.8, 4) is 0 Å². The normalized spacial score (nSPS) is 20.8. The molecule has 0 spiro atoms. The Balaban J connectivity index is 2.06. The van der Waals surface area contributed by atoms with Gasteiger partial charge in [0.1, 0.15) is 11.8 Å². The van der Waals surface area contributed by atoms with Gasteiger partial charge in [0.05, 0.1) is 5.69 Å². The molecular formula is C19H11F6N5O2. The number of anilines is 1. The monoisotopic (exact) mass is 455 g/mol. The van der Waals surface area contributed by atoms with Crippen molar-refractivity contribution in [3.63, 3.8) is 0 Å². The summed E-state index contributed by atoms with van der Waals surface area (Å²) in [5.41, 5.74) is -5.18. The number of para-hydroxylation sites is 1. The summed E-state index contributed by atoms with van der Waals surface area (Å²) in [4.78, 5) is 35.9. The van der Waals surface area contributed by atoms with E-state index in [2.05, 4.69) is 15.0 Å². The molecular weight excluding hydrogens is 444 g/mol. The second-order valence-corrected chi connectivity index (χ2v) is 6.80. The molecule has 166 valence electrons. The van der Waals surface area contributed by atoms with Crippen LogP contribution in [0.3, 0.4) is 0 Å². The average Bonchev–Trinajstić information content (AvgIpc) is 2.72. The Bertz CT molecular complexity index is 1110. The topological polar surface area (TPSA) is 87.0 Å². The molecule has 1 atom stereocenters. The fourth-order valence-electron chi connectivity index (χ4n) is 3.51. The second-order valence-electron chi connectivity index (χ2n) is 6.80. The van der Waals surface area contributed by atoms with E-state index in [0.717, 1.165) is 24.5 Å². The van der Waals surface area contributed by atoms with Crippen molar-refractivity contribution < 1.29 is 35.9 Å². The zero-order valence-electron chi connectivity index (χ0n) is 15.6. The lowest BCUT2D eigenvalue weighted by molar-refractivity contribution is -0.302. The van der Waals surface area contributed by atoms with Crippen LogP contribution in [0.4, 0.5) is 36.8 Å². The number of carbonyl (C=O) groups is 2. The largest absolute Gasteiger partial charge is 0.423 e. The molecule has 7 nitrogen and oxygen atoms in total. The SMILES string of the molecule is O=C1NC(=O)N(c2ccccc2)C2=NC(c3ccncc3)=NC(C(F)(F)F)(C(F)(F)F)C12. The molecule has 2 aliphatic heterocycles. The van der Waals surface area contributed by atoms with Crippen molar-refractivity contribution >= 4 is 29.3 Å². The summed E-state index contributed by atoms with van der Waals surface area (Å²) < 4.78 is 85.0. The van der Waals surface area contributed by atoms with Gasteiger partial charge >= 0.3 is 18.4 Å². The van der Waals surface area contributed by atoms with Gasteiger partial charge in [-0.05, 0) is 24.3 Å². The lowest BCUT2D eigenvalue weighted by Gasteiger charge is -2.45. The quantitative estimate of drug-likeness (QED) is 0.704. The molecule has 1 saturated heterocycles. The molecule has 0 radical (unpaired) electrons. The molecule has 2 aliphatic rings. The number of amides is 3. The minimum Gasteiger partial charge on any atom is -0.277 e. The van der Waals surface area contributed by atoms with Crippen LogP contribution in [0.15, 0.2) is 64.8 Å². The van der Waals surface area contributed by atoms with E-state index < -0.39 is 47.4 Å². The third-order valence-electron chi connectivity index (χ3n) is 4.92. The molecule has 0 bridgehead atoms. The fourth-order valence-corrected chi connectivity index (χ4v) is 3.51. The number of rotatable bonds is 2. The Hall–Kier alpha value is -3.77. The van der Waals surface area contributed by atoms with Crippen LogP contribution in [0, 0.1) is 5.92 Å². The van der Waals surface area contributed by atoms with Crippen molar-refractivity contribution in [2.45, 2.75) is 17.9 Å². The Kier molecular flexibility index (Phi) is 4.79. The molecule has 4 rings (SSSR count). The number of nitrogens with zero attached hydrogens (tertiary/aromatic N) is 4. The summed E-state index contributed by atoms with van der Waals surface area (Å²) in [6, 6.07) is 7.87. The van der Waals surface area contributed by atoms with Gasteiger partial charge in [0, 0.05) is 18.0 Å². The number of nitrogens with one attached hydrogen (secondary N) is 1. The number of carbonyl (C=O) groups excluding carboxylic acids is 2. The van der Waals surface area contributed by atoms with Crippen molar-refractivity contribution in [2.75, 3.05) is 4.90 Å². The van der Waals surface area contributed by atoms with Gasteiger partial charge in [-0.25, -0.2) is 19.7 Å². The number of imide groups is 1. The molecule has 1 aromatic carbocycles. The number of pyridine rings is 1. The van der Waals surface area contributed by atoms with Gasteiger partial charge in [-0.15, -0.1) is 0 Å². The summed E-state index contributed by atoms with van der Waals surface area (Å²) in [5, 5.41) is 1.57. The molecule has 3 amide bonds. The van der Waals surface area contributed by atoms with Crippen LogP contribution in [0.25, 0.3) is 0 Å². The van der Waals surface area contributed by atoms with Crippen molar-refractivity contribution in [2.24, 2.45) is 15.9 Å². The van der Waals surface area contributed by atoms with Crippen LogP contribution in [-0.4, -0.2) is 46.5 Å². The summed E-state index contributed by atoms with van der Waals surface area (Å²) in [6.45, 7) is 0. The number of urea groups is 1. The van der Waals surface area contributed by atoms with E-state index in [1.54, 1.807) is 5.32 Å². The lowest BCUT2D eigenvalue weighted by atomic mass is 9.78. The van der Waals surface area contributed by atoms with Crippen LogP contribution in [0.2, 0.25) is 0 Å². The van der Waals surface area contributed by atoms with Crippen LogP contribution in [-0.2, 0) is 4.79 Å². The smallest absolute Gasteiger partial charge is 0.277 e. The van der Waals surface area contributed by atoms with E-state index in [1.807, 2.05) is 0 Å². The van der Waals surface area contributed by atoms with Gasteiger partial charge in [0.2, 0.25) is 5.91 Å². The first-order valence-corrected chi connectivity index (χ1v) is 8.89. The third kappa shape index (κ3) is 3.11. The molecule has 1 N–H and O–H groups in total. The molecule has 3 heterocycles. The first-order chi connectivity index (χ1) is 15.0. The molecule has 0 aliphatic carbocycles. The number of hydrogen-bond donors (Lipinski definition) is 1. The van der Waals surface area contributed by atoms with Gasteiger partial charge in [-0.3, -0.25) is 15.1 Å². The number of benzene rings is 1. The van der Waals surface area contributed by atoms with Crippen molar-refractivity contribution in [3.05, 3.63) is 60.4 Å². The predicted octanol–water partition coefficient (Wildman–Crippen LogP) is 3.48. The van der Waals surface area contributed by atoms with E-state index in [9.17, 15) is 35.9 Å². The maximum Gasteiger partial charge on any atom is 0.423 e. The molecule has 32 heavy (non-hydrogen) atoms. The predicted molar refractivity (Wildman–Crippen MR) is 99.0 cm³/mol. The highest BCUT2D eigenvalue weighted by molar-refractivity contribution is 6.33. The standard InChI is InChI=1S/C19H11F6N5O2/c20-18(21,22)17(19(23,24)25)12-14(27-13(29-17)10-6-8-26-9-7-10)30(16(32)28-15(12)31)11-4-2-1-3-5-11/h1-9,12H,(H,28,31,32). The third-order valence-corrected chi connectivity index (χ3v) is 4.92. The number of fused-ring (bicyclic) bond motifs is 1. The number of aromatic nitrogens is 1. The van der Waals surface area contributed by atoms with Crippen molar-refractivity contribution in [1.29, 1.82) is 0 Å². The van der Waals surface area contributed by atoms with E-state index in [4.69, 9.17) is 0 Å². The molecule has 1 aromatic heterocycles. The van der Waals surface area contributed by atoms with E-state index in [1.165, 1.54) is 30.3 Å².